The van der Waals surface area contributed by atoms with Crippen LogP contribution in [-0.4, -0.2) is 12.1 Å². The molecule has 0 radical (unpaired) electrons. The molecular formula is C14H24O2. The molecule has 1 saturated carbocycles. The maximum absolute atomic E-state index is 11.7. The van der Waals surface area contributed by atoms with Crippen LogP contribution in [0.5, 0.6) is 0 Å². The van der Waals surface area contributed by atoms with E-state index in [4.69, 9.17) is 4.74 Å². The normalized spacial score (nSPS) is 17.4. The molecule has 0 heterocycles. The van der Waals surface area contributed by atoms with Gasteiger partial charge in [0.05, 0.1) is 0 Å². The van der Waals surface area contributed by atoms with Crippen molar-refractivity contribution in [2.75, 3.05) is 0 Å². The SMILES string of the molecule is C=C(CCC(C)C)C(=O)OC1CCCCC1. The van der Waals surface area contributed by atoms with E-state index in [0.29, 0.717) is 11.5 Å². The van der Waals surface area contributed by atoms with Crippen molar-refractivity contribution < 1.29 is 9.53 Å². The summed E-state index contributed by atoms with van der Waals surface area (Å²) in [6.45, 7) is 8.12. The molecule has 0 amide bonds. The van der Waals surface area contributed by atoms with Crippen LogP contribution in [0.1, 0.15) is 58.8 Å². The lowest BCUT2D eigenvalue weighted by molar-refractivity contribution is -0.145. The number of ether oxygens (including phenoxy) is 1. The molecule has 0 spiro atoms. The Labute approximate surface area is 99.1 Å². The molecule has 1 rings (SSSR count). The highest BCUT2D eigenvalue weighted by Crippen LogP contribution is 2.22. The van der Waals surface area contributed by atoms with Gasteiger partial charge in [0, 0.05) is 5.57 Å². The summed E-state index contributed by atoms with van der Waals surface area (Å²) in [4.78, 5) is 11.7. The smallest absolute Gasteiger partial charge is 0.333 e. The van der Waals surface area contributed by atoms with Gasteiger partial charge in [-0.1, -0.05) is 26.8 Å². The first-order valence-electron chi connectivity index (χ1n) is 6.48. The minimum atomic E-state index is -0.174. The topological polar surface area (TPSA) is 26.3 Å². The Morgan fingerprint density at radius 1 is 1.31 bits per heavy atom. The fraction of sp³-hybridized carbons (Fsp3) is 0.786. The van der Waals surface area contributed by atoms with E-state index < -0.39 is 0 Å². The number of esters is 1. The molecule has 0 bridgehead atoms. The molecule has 1 aliphatic carbocycles. The Bertz CT molecular complexity index is 237. The average Bonchev–Trinajstić information content (AvgIpc) is 2.27. The van der Waals surface area contributed by atoms with Gasteiger partial charge in [-0.3, -0.25) is 0 Å². The first kappa shape index (κ1) is 13.3. The molecular weight excluding hydrogens is 200 g/mol. The number of carbonyl (C=O) groups is 1. The standard InChI is InChI=1S/C14H24O2/c1-11(2)9-10-12(3)14(15)16-13-7-5-4-6-8-13/h11,13H,3-10H2,1-2H3. The lowest BCUT2D eigenvalue weighted by atomic mass is 9.97. The molecule has 1 fully saturated rings. The van der Waals surface area contributed by atoms with Crippen LogP contribution in [0, 0.1) is 5.92 Å². The minimum absolute atomic E-state index is 0.150. The highest BCUT2D eigenvalue weighted by Gasteiger charge is 2.19. The van der Waals surface area contributed by atoms with Gasteiger partial charge >= 0.3 is 5.97 Å². The summed E-state index contributed by atoms with van der Waals surface area (Å²) in [6, 6.07) is 0. The summed E-state index contributed by atoms with van der Waals surface area (Å²) in [5.41, 5.74) is 0.638. The molecule has 0 aliphatic heterocycles. The van der Waals surface area contributed by atoms with E-state index in [9.17, 15) is 4.79 Å². The fourth-order valence-electron chi connectivity index (χ4n) is 1.98. The Morgan fingerprint density at radius 2 is 1.94 bits per heavy atom. The number of hydrogen-bond donors (Lipinski definition) is 0. The van der Waals surface area contributed by atoms with Crippen LogP contribution in [0.4, 0.5) is 0 Å². The van der Waals surface area contributed by atoms with E-state index in [1.54, 1.807) is 0 Å². The average molecular weight is 224 g/mol. The maximum atomic E-state index is 11.7. The van der Waals surface area contributed by atoms with Gasteiger partial charge in [-0.05, 0) is 44.4 Å². The van der Waals surface area contributed by atoms with Gasteiger partial charge in [0.1, 0.15) is 6.10 Å². The second-order valence-electron chi connectivity index (χ2n) is 5.20. The molecule has 2 heteroatoms. The van der Waals surface area contributed by atoms with Gasteiger partial charge in [0.15, 0.2) is 0 Å². The minimum Gasteiger partial charge on any atom is -0.459 e. The first-order valence-corrected chi connectivity index (χ1v) is 6.48. The summed E-state index contributed by atoms with van der Waals surface area (Å²) < 4.78 is 5.45. The Kier molecular flexibility index (Phi) is 5.58. The third-order valence-corrected chi connectivity index (χ3v) is 3.14. The quantitative estimate of drug-likeness (QED) is 0.523. The third kappa shape index (κ3) is 4.82. The van der Waals surface area contributed by atoms with Crippen LogP contribution in [0.3, 0.4) is 0 Å². The highest BCUT2D eigenvalue weighted by molar-refractivity contribution is 5.87. The monoisotopic (exact) mass is 224 g/mol. The molecule has 0 saturated heterocycles. The van der Waals surface area contributed by atoms with Crippen molar-refractivity contribution >= 4 is 5.97 Å². The van der Waals surface area contributed by atoms with E-state index in [1.807, 2.05) is 0 Å². The van der Waals surface area contributed by atoms with Crippen molar-refractivity contribution in [2.45, 2.75) is 64.9 Å². The van der Waals surface area contributed by atoms with Gasteiger partial charge in [0.25, 0.3) is 0 Å². The molecule has 92 valence electrons. The second kappa shape index (κ2) is 6.72. The second-order valence-corrected chi connectivity index (χ2v) is 5.20. The van der Waals surface area contributed by atoms with E-state index in [0.717, 1.165) is 25.7 Å². The van der Waals surface area contributed by atoms with Gasteiger partial charge in [-0.2, -0.15) is 0 Å². The third-order valence-electron chi connectivity index (χ3n) is 3.14. The van der Waals surface area contributed by atoms with Gasteiger partial charge < -0.3 is 4.74 Å². The molecule has 0 atom stereocenters. The predicted molar refractivity (Wildman–Crippen MR) is 66.2 cm³/mol. The summed E-state index contributed by atoms with van der Waals surface area (Å²) in [7, 11) is 0. The summed E-state index contributed by atoms with van der Waals surface area (Å²) in [5.74, 6) is 0.437. The number of rotatable bonds is 5. The van der Waals surface area contributed by atoms with Gasteiger partial charge in [-0.15, -0.1) is 0 Å². The molecule has 16 heavy (non-hydrogen) atoms. The van der Waals surface area contributed by atoms with E-state index in [-0.39, 0.29) is 12.1 Å². The first-order chi connectivity index (χ1) is 7.59. The van der Waals surface area contributed by atoms with Gasteiger partial charge in [-0.25, -0.2) is 4.79 Å². The largest absolute Gasteiger partial charge is 0.459 e. The van der Waals surface area contributed by atoms with Crippen molar-refractivity contribution in [3.63, 3.8) is 0 Å². The van der Waals surface area contributed by atoms with Crippen molar-refractivity contribution in [1.29, 1.82) is 0 Å². The maximum Gasteiger partial charge on any atom is 0.333 e. The lowest BCUT2D eigenvalue weighted by Crippen LogP contribution is -2.21. The molecule has 1 aliphatic rings. The van der Waals surface area contributed by atoms with E-state index in [2.05, 4.69) is 20.4 Å². The highest BCUT2D eigenvalue weighted by atomic mass is 16.5. The molecule has 0 aromatic rings. The molecule has 0 aromatic carbocycles. The fourth-order valence-corrected chi connectivity index (χ4v) is 1.98. The Balaban J connectivity index is 2.25. The lowest BCUT2D eigenvalue weighted by Gasteiger charge is -2.22. The van der Waals surface area contributed by atoms with Gasteiger partial charge in [0.2, 0.25) is 0 Å². The van der Waals surface area contributed by atoms with Crippen LogP contribution < -0.4 is 0 Å². The Hall–Kier alpha value is -0.790. The van der Waals surface area contributed by atoms with Crippen LogP contribution in [0.15, 0.2) is 12.2 Å². The van der Waals surface area contributed by atoms with Crippen molar-refractivity contribution in [2.24, 2.45) is 5.92 Å². The molecule has 0 aromatic heterocycles. The number of hydrogen-bond acceptors (Lipinski definition) is 2. The van der Waals surface area contributed by atoms with Crippen LogP contribution in [0.2, 0.25) is 0 Å². The zero-order valence-electron chi connectivity index (χ0n) is 10.6. The van der Waals surface area contributed by atoms with Crippen molar-refractivity contribution in [3.05, 3.63) is 12.2 Å². The summed E-state index contributed by atoms with van der Waals surface area (Å²) >= 11 is 0. The van der Waals surface area contributed by atoms with E-state index >= 15 is 0 Å². The molecule has 2 nitrogen and oxygen atoms in total. The van der Waals surface area contributed by atoms with Crippen molar-refractivity contribution in [1.82, 2.24) is 0 Å². The van der Waals surface area contributed by atoms with Crippen LogP contribution in [-0.2, 0) is 9.53 Å². The zero-order valence-corrected chi connectivity index (χ0v) is 10.6. The molecule has 0 unspecified atom stereocenters. The van der Waals surface area contributed by atoms with E-state index in [1.165, 1.54) is 19.3 Å². The molecule has 0 N–H and O–H groups in total. The summed E-state index contributed by atoms with van der Waals surface area (Å²) in [6.07, 6.45) is 7.65. The predicted octanol–water partition coefficient (Wildman–Crippen LogP) is 3.85. The van der Waals surface area contributed by atoms with Crippen LogP contribution in [0.25, 0.3) is 0 Å². The van der Waals surface area contributed by atoms with Crippen molar-refractivity contribution in [3.8, 4) is 0 Å². The zero-order chi connectivity index (χ0) is 12.0. The number of carbonyl (C=O) groups excluding carboxylic acids is 1. The van der Waals surface area contributed by atoms with Crippen LogP contribution >= 0.6 is 0 Å². The Morgan fingerprint density at radius 3 is 2.50 bits per heavy atom. The summed E-state index contributed by atoms with van der Waals surface area (Å²) in [5, 5.41) is 0.